The topological polar surface area (TPSA) is 70.6 Å². The van der Waals surface area contributed by atoms with Gasteiger partial charge in [0.1, 0.15) is 5.84 Å². The predicted octanol–water partition coefficient (Wildman–Crippen LogP) is 1.78. The van der Waals surface area contributed by atoms with Crippen molar-refractivity contribution < 1.29 is 5.21 Å². The van der Waals surface area contributed by atoms with Crippen LogP contribution >= 0.6 is 0 Å². The molecule has 0 radical (unpaired) electrons. The highest BCUT2D eigenvalue weighted by Gasteiger charge is 2.11. The Labute approximate surface area is 92.9 Å². The van der Waals surface area contributed by atoms with Gasteiger partial charge in [-0.1, -0.05) is 32.3 Å². The zero-order chi connectivity index (χ0) is 11.8. The molecule has 0 amide bonds. The van der Waals surface area contributed by atoms with Crippen LogP contribution < -0.4 is 11.1 Å². The van der Waals surface area contributed by atoms with Gasteiger partial charge in [-0.25, -0.2) is 0 Å². The van der Waals surface area contributed by atoms with E-state index < -0.39 is 0 Å². The van der Waals surface area contributed by atoms with Crippen LogP contribution in [0.4, 0.5) is 0 Å². The number of hydrogen-bond donors (Lipinski definition) is 3. The molecule has 0 bridgehead atoms. The molecular formula is C11H25N3O. The van der Waals surface area contributed by atoms with E-state index in [0.29, 0.717) is 11.9 Å². The van der Waals surface area contributed by atoms with Gasteiger partial charge in [0.15, 0.2) is 0 Å². The third kappa shape index (κ3) is 6.33. The Morgan fingerprint density at radius 2 is 2.00 bits per heavy atom. The standard InChI is InChI=1S/C11H25N3O/c1-5-8(2)6-10(4)13-7-9(3)11(12)14-15/h8-10,13,15H,5-7H2,1-4H3,(H2,12,14). The van der Waals surface area contributed by atoms with E-state index in [1.54, 1.807) is 0 Å². The lowest BCUT2D eigenvalue weighted by molar-refractivity contribution is 0.313. The van der Waals surface area contributed by atoms with Crippen molar-refractivity contribution in [2.24, 2.45) is 22.7 Å². The minimum atomic E-state index is 0.0781. The molecular weight excluding hydrogens is 190 g/mol. The van der Waals surface area contributed by atoms with E-state index in [1.807, 2.05) is 6.92 Å². The van der Waals surface area contributed by atoms with Crippen LogP contribution in [0.5, 0.6) is 0 Å². The molecule has 0 spiro atoms. The molecule has 3 unspecified atom stereocenters. The van der Waals surface area contributed by atoms with Gasteiger partial charge >= 0.3 is 0 Å². The SMILES string of the molecule is CCC(C)CC(C)NCC(C)C(N)=NO. The molecule has 3 atom stereocenters. The minimum Gasteiger partial charge on any atom is -0.409 e. The van der Waals surface area contributed by atoms with Gasteiger partial charge in [-0.15, -0.1) is 0 Å². The van der Waals surface area contributed by atoms with Crippen LogP contribution in [0.1, 0.15) is 40.5 Å². The van der Waals surface area contributed by atoms with Gasteiger partial charge in [0.25, 0.3) is 0 Å². The lowest BCUT2D eigenvalue weighted by Gasteiger charge is -2.19. The van der Waals surface area contributed by atoms with Gasteiger partial charge in [-0.3, -0.25) is 0 Å². The minimum absolute atomic E-state index is 0.0781. The average Bonchev–Trinajstić information content (AvgIpc) is 2.24. The van der Waals surface area contributed by atoms with E-state index in [1.165, 1.54) is 12.8 Å². The van der Waals surface area contributed by atoms with E-state index >= 15 is 0 Å². The first-order chi connectivity index (χ1) is 7.01. The molecule has 0 aromatic heterocycles. The predicted molar refractivity (Wildman–Crippen MR) is 64.1 cm³/mol. The van der Waals surface area contributed by atoms with E-state index in [9.17, 15) is 0 Å². The fourth-order valence-corrected chi connectivity index (χ4v) is 1.43. The highest BCUT2D eigenvalue weighted by Crippen LogP contribution is 2.09. The summed E-state index contributed by atoms with van der Waals surface area (Å²) in [6.45, 7) is 9.33. The quantitative estimate of drug-likeness (QED) is 0.262. The number of nitrogens with one attached hydrogen (secondary N) is 1. The Kier molecular flexibility index (Phi) is 7.13. The number of amidine groups is 1. The summed E-state index contributed by atoms with van der Waals surface area (Å²) in [5, 5.41) is 14.9. The van der Waals surface area contributed by atoms with Crippen LogP contribution in [0, 0.1) is 11.8 Å². The molecule has 0 aliphatic carbocycles. The number of rotatable bonds is 7. The molecule has 0 saturated heterocycles. The van der Waals surface area contributed by atoms with Crippen molar-refractivity contribution >= 4 is 5.84 Å². The van der Waals surface area contributed by atoms with E-state index in [-0.39, 0.29) is 5.92 Å². The maximum atomic E-state index is 8.49. The lowest BCUT2D eigenvalue weighted by Crippen LogP contribution is -2.36. The van der Waals surface area contributed by atoms with Crippen molar-refractivity contribution in [1.29, 1.82) is 0 Å². The summed E-state index contributed by atoms with van der Waals surface area (Å²) in [6.07, 6.45) is 2.38. The van der Waals surface area contributed by atoms with Crippen molar-refractivity contribution in [3.05, 3.63) is 0 Å². The molecule has 90 valence electrons. The van der Waals surface area contributed by atoms with Gasteiger partial charge in [-0.2, -0.15) is 0 Å². The maximum Gasteiger partial charge on any atom is 0.143 e. The largest absolute Gasteiger partial charge is 0.409 e. The first-order valence-corrected chi connectivity index (χ1v) is 5.72. The molecule has 4 nitrogen and oxygen atoms in total. The van der Waals surface area contributed by atoms with E-state index in [4.69, 9.17) is 10.9 Å². The van der Waals surface area contributed by atoms with Crippen molar-refractivity contribution in [3.8, 4) is 0 Å². The second kappa shape index (κ2) is 7.51. The molecule has 4 heteroatoms. The molecule has 4 N–H and O–H groups in total. The van der Waals surface area contributed by atoms with Gasteiger partial charge in [0.05, 0.1) is 0 Å². The summed E-state index contributed by atoms with van der Waals surface area (Å²) in [6, 6.07) is 0.480. The lowest BCUT2D eigenvalue weighted by atomic mass is 10.00. The van der Waals surface area contributed by atoms with Crippen LogP contribution in [-0.4, -0.2) is 23.6 Å². The molecule has 0 saturated carbocycles. The Bertz CT molecular complexity index is 194. The number of nitrogens with zero attached hydrogens (tertiary/aromatic N) is 1. The van der Waals surface area contributed by atoms with Crippen LogP contribution in [0.2, 0.25) is 0 Å². The van der Waals surface area contributed by atoms with Crippen molar-refractivity contribution in [2.45, 2.75) is 46.6 Å². The Morgan fingerprint density at radius 3 is 2.47 bits per heavy atom. The number of nitrogens with two attached hydrogens (primary N) is 1. The number of hydrogen-bond acceptors (Lipinski definition) is 3. The zero-order valence-corrected chi connectivity index (χ0v) is 10.3. The molecule has 0 heterocycles. The fourth-order valence-electron chi connectivity index (χ4n) is 1.43. The molecule has 0 fully saturated rings. The monoisotopic (exact) mass is 215 g/mol. The molecule has 0 aliphatic rings. The molecule has 0 rings (SSSR count). The van der Waals surface area contributed by atoms with E-state index in [0.717, 1.165) is 12.5 Å². The molecule has 0 aromatic carbocycles. The molecule has 15 heavy (non-hydrogen) atoms. The summed E-state index contributed by atoms with van der Waals surface area (Å²) in [5.74, 6) is 1.11. The van der Waals surface area contributed by atoms with Crippen LogP contribution in [0.15, 0.2) is 5.16 Å². The molecule has 0 aliphatic heterocycles. The van der Waals surface area contributed by atoms with Crippen LogP contribution in [0.3, 0.4) is 0 Å². The van der Waals surface area contributed by atoms with Crippen molar-refractivity contribution in [1.82, 2.24) is 5.32 Å². The Balaban J connectivity index is 3.75. The van der Waals surface area contributed by atoms with E-state index in [2.05, 4.69) is 31.2 Å². The fraction of sp³-hybridized carbons (Fsp3) is 0.909. The summed E-state index contributed by atoms with van der Waals surface area (Å²) >= 11 is 0. The summed E-state index contributed by atoms with van der Waals surface area (Å²) in [4.78, 5) is 0. The highest BCUT2D eigenvalue weighted by atomic mass is 16.4. The second-order valence-corrected chi connectivity index (χ2v) is 4.48. The maximum absolute atomic E-state index is 8.49. The number of oxime groups is 1. The third-order valence-electron chi connectivity index (χ3n) is 2.85. The second-order valence-electron chi connectivity index (χ2n) is 4.48. The first kappa shape index (κ1) is 14.2. The Morgan fingerprint density at radius 1 is 1.40 bits per heavy atom. The zero-order valence-electron chi connectivity index (χ0n) is 10.3. The van der Waals surface area contributed by atoms with Gasteiger partial charge in [0.2, 0.25) is 0 Å². The highest BCUT2D eigenvalue weighted by molar-refractivity contribution is 5.82. The van der Waals surface area contributed by atoms with Crippen molar-refractivity contribution in [2.75, 3.05) is 6.54 Å². The average molecular weight is 215 g/mol. The van der Waals surface area contributed by atoms with Gasteiger partial charge in [0, 0.05) is 18.5 Å². The summed E-state index contributed by atoms with van der Waals surface area (Å²) in [5.41, 5.74) is 5.49. The molecule has 0 aromatic rings. The Hall–Kier alpha value is -0.770. The van der Waals surface area contributed by atoms with Crippen LogP contribution in [0.25, 0.3) is 0 Å². The van der Waals surface area contributed by atoms with Crippen LogP contribution in [-0.2, 0) is 0 Å². The normalized spacial score (nSPS) is 18.5. The summed E-state index contributed by atoms with van der Waals surface area (Å²) < 4.78 is 0. The first-order valence-electron chi connectivity index (χ1n) is 5.72. The smallest absolute Gasteiger partial charge is 0.143 e. The third-order valence-corrected chi connectivity index (χ3v) is 2.85. The van der Waals surface area contributed by atoms with Gasteiger partial charge < -0.3 is 16.3 Å². The van der Waals surface area contributed by atoms with Gasteiger partial charge in [-0.05, 0) is 19.3 Å². The van der Waals surface area contributed by atoms with Crippen molar-refractivity contribution in [3.63, 3.8) is 0 Å². The summed E-state index contributed by atoms with van der Waals surface area (Å²) in [7, 11) is 0.